The highest BCUT2D eigenvalue weighted by Crippen LogP contribution is 2.39. The van der Waals surface area contributed by atoms with E-state index >= 15 is 0 Å². The van der Waals surface area contributed by atoms with E-state index in [9.17, 15) is 10.2 Å². The van der Waals surface area contributed by atoms with Crippen molar-refractivity contribution in [1.82, 2.24) is 0 Å². The Hall–Kier alpha value is -2.82. The molecule has 0 aliphatic carbocycles. The second-order valence-corrected chi connectivity index (χ2v) is 8.78. The molecular weight excluding hydrogens is 504 g/mol. The lowest BCUT2D eigenvalue weighted by Gasteiger charge is -2.17. The number of phenols is 2. The van der Waals surface area contributed by atoms with Crippen molar-refractivity contribution in [2.45, 2.75) is 0 Å². The van der Waals surface area contributed by atoms with Crippen LogP contribution in [0.15, 0.2) is 100 Å². The van der Waals surface area contributed by atoms with Crippen molar-refractivity contribution in [2.24, 2.45) is 0 Å². The van der Waals surface area contributed by atoms with Crippen LogP contribution in [-0.2, 0) is 0 Å². The van der Waals surface area contributed by atoms with Crippen molar-refractivity contribution in [1.29, 1.82) is 0 Å². The Morgan fingerprint density at radius 2 is 0.933 bits per heavy atom. The predicted octanol–water partition coefficient (Wildman–Crippen LogP) is 8.02. The molecule has 4 heteroatoms. The first-order valence-electron chi connectivity index (χ1n) is 9.30. The fraction of sp³-hybridized carbons (Fsp3) is 0. The number of phenolic OH excluding ortho intramolecular Hbond substituents is 2. The molecule has 4 aromatic carbocycles. The highest BCUT2D eigenvalue weighted by Gasteiger charge is 2.15. The van der Waals surface area contributed by atoms with Crippen LogP contribution in [0.2, 0.25) is 0 Å². The maximum absolute atomic E-state index is 10.1. The molecule has 0 heterocycles. The van der Waals surface area contributed by atoms with Gasteiger partial charge in [-0.3, -0.25) is 0 Å². The summed E-state index contributed by atoms with van der Waals surface area (Å²) >= 11 is 6.94. The van der Waals surface area contributed by atoms with E-state index in [1.165, 1.54) is 0 Å². The summed E-state index contributed by atoms with van der Waals surface area (Å²) in [5.41, 5.74) is 6.39. The van der Waals surface area contributed by atoms with E-state index in [2.05, 4.69) is 38.4 Å². The van der Waals surface area contributed by atoms with Crippen LogP contribution in [0.25, 0.3) is 27.8 Å². The Labute approximate surface area is 192 Å². The predicted molar refractivity (Wildman–Crippen MR) is 131 cm³/mol. The molecule has 2 nitrogen and oxygen atoms in total. The lowest BCUT2D eigenvalue weighted by atomic mass is 9.87. The third-order valence-electron chi connectivity index (χ3n) is 4.97. The number of hydrogen-bond acceptors (Lipinski definition) is 2. The third-order valence-corrected chi connectivity index (χ3v) is 6.02. The minimum absolute atomic E-state index is 0.198. The van der Waals surface area contributed by atoms with Gasteiger partial charge in [0.1, 0.15) is 11.5 Å². The molecule has 0 bridgehead atoms. The number of aromatic hydroxyl groups is 2. The van der Waals surface area contributed by atoms with E-state index in [0.29, 0.717) is 0 Å². The highest BCUT2D eigenvalue weighted by atomic mass is 79.9. The molecule has 0 saturated heterocycles. The maximum Gasteiger partial charge on any atom is 0.116 e. The summed E-state index contributed by atoms with van der Waals surface area (Å²) in [6.45, 7) is 4.38. The van der Waals surface area contributed by atoms with Gasteiger partial charge in [0.2, 0.25) is 0 Å². The zero-order chi connectivity index (χ0) is 21.3. The van der Waals surface area contributed by atoms with Gasteiger partial charge in [-0.15, -0.1) is 0 Å². The van der Waals surface area contributed by atoms with Crippen LogP contribution in [0.5, 0.6) is 11.5 Å². The topological polar surface area (TPSA) is 40.5 Å². The fourth-order valence-corrected chi connectivity index (χ4v) is 4.00. The minimum atomic E-state index is 0.198. The molecule has 4 rings (SSSR count). The Kier molecular flexibility index (Phi) is 5.80. The number of halogens is 2. The van der Waals surface area contributed by atoms with Gasteiger partial charge in [0.15, 0.2) is 0 Å². The molecule has 0 amide bonds. The zero-order valence-electron chi connectivity index (χ0n) is 15.9. The molecule has 2 N–H and O–H groups in total. The Balaban J connectivity index is 1.87. The molecule has 0 aliphatic rings. The first-order chi connectivity index (χ1) is 14.4. The monoisotopic (exact) mass is 520 g/mol. The summed E-state index contributed by atoms with van der Waals surface area (Å²) in [7, 11) is 0. The summed E-state index contributed by atoms with van der Waals surface area (Å²) in [6.07, 6.45) is 0. The van der Waals surface area contributed by atoms with Gasteiger partial charge >= 0.3 is 0 Å². The van der Waals surface area contributed by atoms with E-state index in [-0.39, 0.29) is 11.5 Å². The van der Waals surface area contributed by atoms with E-state index in [0.717, 1.165) is 47.9 Å². The van der Waals surface area contributed by atoms with Gasteiger partial charge in [-0.05, 0) is 87.5 Å². The SMILES string of the molecule is C=C(c1ccc(O)cc1-c1ccc(Br)cc1)c1ccc(O)cc1-c1ccc(Br)cc1. The molecule has 0 atom stereocenters. The smallest absolute Gasteiger partial charge is 0.116 e. The first kappa shape index (κ1) is 20.5. The summed E-state index contributed by atoms with van der Waals surface area (Å²) in [5.74, 6) is 0.395. The molecule has 0 aromatic heterocycles. The molecule has 0 radical (unpaired) electrons. The van der Waals surface area contributed by atoms with Crippen LogP contribution in [0.1, 0.15) is 11.1 Å². The first-order valence-corrected chi connectivity index (χ1v) is 10.9. The Morgan fingerprint density at radius 3 is 1.30 bits per heavy atom. The van der Waals surface area contributed by atoms with Crippen LogP contribution in [-0.4, -0.2) is 10.2 Å². The fourth-order valence-electron chi connectivity index (χ4n) is 3.47. The molecule has 0 spiro atoms. The lowest BCUT2D eigenvalue weighted by molar-refractivity contribution is 0.475. The quantitative estimate of drug-likeness (QED) is 0.285. The van der Waals surface area contributed by atoms with Crippen LogP contribution in [0.4, 0.5) is 0 Å². The zero-order valence-corrected chi connectivity index (χ0v) is 19.1. The van der Waals surface area contributed by atoms with Crippen LogP contribution >= 0.6 is 31.9 Å². The van der Waals surface area contributed by atoms with Crippen LogP contribution in [0.3, 0.4) is 0 Å². The third kappa shape index (κ3) is 4.20. The Bertz CT molecular complexity index is 1130. The molecule has 0 unspecified atom stereocenters. The van der Waals surface area contributed by atoms with E-state index in [1.54, 1.807) is 24.3 Å². The van der Waals surface area contributed by atoms with Crippen LogP contribution in [0, 0.1) is 0 Å². The minimum Gasteiger partial charge on any atom is -0.508 e. The molecule has 30 heavy (non-hydrogen) atoms. The molecule has 0 aliphatic heterocycles. The van der Waals surface area contributed by atoms with Crippen molar-refractivity contribution in [3.8, 4) is 33.8 Å². The van der Waals surface area contributed by atoms with Crippen LogP contribution < -0.4 is 0 Å². The molecule has 148 valence electrons. The van der Waals surface area contributed by atoms with Crippen molar-refractivity contribution in [2.75, 3.05) is 0 Å². The standard InChI is InChI=1S/C26H18Br2O2/c1-16(23-12-10-21(29)14-25(23)17-2-6-19(27)7-3-17)24-13-11-22(30)15-26(24)18-4-8-20(28)9-5-18/h2-15,29-30H,1H2. The second-order valence-electron chi connectivity index (χ2n) is 6.95. The van der Waals surface area contributed by atoms with Crippen molar-refractivity contribution in [3.05, 3.63) is 112 Å². The largest absolute Gasteiger partial charge is 0.508 e. The van der Waals surface area contributed by atoms with Gasteiger partial charge in [0, 0.05) is 8.95 Å². The summed E-state index contributed by atoms with van der Waals surface area (Å²) in [4.78, 5) is 0. The van der Waals surface area contributed by atoms with Crippen molar-refractivity contribution < 1.29 is 10.2 Å². The van der Waals surface area contributed by atoms with Crippen molar-refractivity contribution in [3.63, 3.8) is 0 Å². The molecule has 0 saturated carbocycles. The molecular formula is C26H18Br2O2. The lowest BCUT2D eigenvalue weighted by Crippen LogP contribution is -1.94. The number of benzene rings is 4. The van der Waals surface area contributed by atoms with Gasteiger partial charge in [0.05, 0.1) is 0 Å². The summed E-state index contributed by atoms with van der Waals surface area (Å²) < 4.78 is 1.98. The second kappa shape index (κ2) is 8.50. The van der Waals surface area contributed by atoms with Gasteiger partial charge in [-0.25, -0.2) is 0 Å². The average molecular weight is 522 g/mol. The van der Waals surface area contributed by atoms with E-state index in [1.807, 2.05) is 60.7 Å². The molecule has 0 fully saturated rings. The molecule has 4 aromatic rings. The van der Waals surface area contributed by atoms with Gasteiger partial charge in [0.25, 0.3) is 0 Å². The number of rotatable bonds is 4. The van der Waals surface area contributed by atoms with Gasteiger partial charge in [-0.2, -0.15) is 0 Å². The summed E-state index contributed by atoms with van der Waals surface area (Å²) in [6, 6.07) is 26.5. The van der Waals surface area contributed by atoms with Gasteiger partial charge < -0.3 is 10.2 Å². The highest BCUT2D eigenvalue weighted by molar-refractivity contribution is 9.10. The maximum atomic E-state index is 10.1. The number of hydrogen-bond donors (Lipinski definition) is 2. The van der Waals surface area contributed by atoms with E-state index in [4.69, 9.17) is 0 Å². The van der Waals surface area contributed by atoms with Crippen molar-refractivity contribution >= 4 is 37.4 Å². The Morgan fingerprint density at radius 1 is 0.567 bits per heavy atom. The summed E-state index contributed by atoms with van der Waals surface area (Å²) in [5, 5.41) is 20.2. The average Bonchev–Trinajstić information content (AvgIpc) is 2.74. The van der Waals surface area contributed by atoms with Gasteiger partial charge in [-0.1, -0.05) is 74.8 Å². The van der Waals surface area contributed by atoms with E-state index < -0.39 is 0 Å². The normalized spacial score (nSPS) is 10.7.